The first-order valence-corrected chi connectivity index (χ1v) is 7.17. The van der Waals surface area contributed by atoms with E-state index in [-0.39, 0.29) is 17.7 Å². The van der Waals surface area contributed by atoms with Gasteiger partial charge in [0.15, 0.2) is 0 Å². The maximum absolute atomic E-state index is 12.0. The van der Waals surface area contributed by atoms with Crippen LogP contribution in [0.1, 0.15) is 59.8 Å². The number of carboxylic acid groups (broad SMARTS) is 1. The SMILES string of the molecule is CC(CNC(=O)CC1(C(=O)O)CCCC1)C(C)(C)C. The fraction of sp³-hybridized carbons (Fsp3) is 0.867. The third-order valence-electron chi connectivity index (χ3n) is 4.60. The van der Waals surface area contributed by atoms with Gasteiger partial charge < -0.3 is 10.4 Å². The van der Waals surface area contributed by atoms with Crippen LogP contribution in [0.2, 0.25) is 0 Å². The fourth-order valence-corrected chi connectivity index (χ4v) is 2.46. The van der Waals surface area contributed by atoms with Gasteiger partial charge in [-0.15, -0.1) is 0 Å². The molecule has 1 amide bonds. The maximum atomic E-state index is 12.0. The van der Waals surface area contributed by atoms with Crippen LogP contribution >= 0.6 is 0 Å². The summed E-state index contributed by atoms with van der Waals surface area (Å²) in [4.78, 5) is 23.3. The van der Waals surface area contributed by atoms with Gasteiger partial charge in [0.2, 0.25) is 5.91 Å². The van der Waals surface area contributed by atoms with Gasteiger partial charge in [0.25, 0.3) is 0 Å². The minimum atomic E-state index is -0.816. The van der Waals surface area contributed by atoms with E-state index in [1.54, 1.807) is 0 Å². The quantitative estimate of drug-likeness (QED) is 0.806. The van der Waals surface area contributed by atoms with Crippen molar-refractivity contribution >= 4 is 11.9 Å². The van der Waals surface area contributed by atoms with Crippen LogP contribution in [-0.2, 0) is 9.59 Å². The van der Waals surface area contributed by atoms with E-state index < -0.39 is 11.4 Å². The Balaban J connectivity index is 2.49. The zero-order valence-corrected chi connectivity index (χ0v) is 12.6. The second kappa shape index (κ2) is 5.93. The molecule has 110 valence electrons. The van der Waals surface area contributed by atoms with Crippen molar-refractivity contribution in [2.24, 2.45) is 16.7 Å². The Bertz CT molecular complexity index is 338. The van der Waals surface area contributed by atoms with Crippen LogP contribution in [0.15, 0.2) is 0 Å². The Hall–Kier alpha value is -1.06. The van der Waals surface area contributed by atoms with E-state index >= 15 is 0 Å². The van der Waals surface area contributed by atoms with Crippen molar-refractivity contribution < 1.29 is 14.7 Å². The molecule has 4 nitrogen and oxygen atoms in total. The highest BCUT2D eigenvalue weighted by atomic mass is 16.4. The molecule has 0 aromatic carbocycles. The van der Waals surface area contributed by atoms with Gasteiger partial charge in [0.05, 0.1) is 5.41 Å². The molecule has 1 fully saturated rings. The van der Waals surface area contributed by atoms with Crippen LogP contribution in [0.5, 0.6) is 0 Å². The van der Waals surface area contributed by atoms with Crippen molar-refractivity contribution in [1.29, 1.82) is 0 Å². The second-order valence-electron chi connectivity index (χ2n) is 7.04. The van der Waals surface area contributed by atoms with Crippen molar-refractivity contribution in [3.63, 3.8) is 0 Å². The molecule has 0 heterocycles. The Labute approximate surface area is 116 Å². The lowest BCUT2D eigenvalue weighted by molar-refractivity contribution is -0.151. The molecule has 0 bridgehead atoms. The topological polar surface area (TPSA) is 66.4 Å². The molecule has 1 rings (SSSR count). The molecule has 4 heteroatoms. The molecule has 1 aliphatic carbocycles. The zero-order valence-electron chi connectivity index (χ0n) is 12.6. The molecule has 0 spiro atoms. The van der Waals surface area contributed by atoms with Crippen molar-refractivity contribution in [2.45, 2.75) is 59.8 Å². The van der Waals surface area contributed by atoms with E-state index in [0.717, 1.165) is 12.8 Å². The summed E-state index contributed by atoms with van der Waals surface area (Å²) < 4.78 is 0. The smallest absolute Gasteiger partial charge is 0.310 e. The lowest BCUT2D eigenvalue weighted by Crippen LogP contribution is -2.38. The van der Waals surface area contributed by atoms with E-state index in [0.29, 0.717) is 25.3 Å². The van der Waals surface area contributed by atoms with Crippen molar-refractivity contribution in [3.8, 4) is 0 Å². The Morgan fingerprint density at radius 3 is 2.21 bits per heavy atom. The van der Waals surface area contributed by atoms with Crippen LogP contribution in [0.4, 0.5) is 0 Å². The summed E-state index contributed by atoms with van der Waals surface area (Å²) in [5.41, 5.74) is -0.666. The molecule has 2 N–H and O–H groups in total. The van der Waals surface area contributed by atoms with Gasteiger partial charge in [0, 0.05) is 13.0 Å². The van der Waals surface area contributed by atoms with Crippen molar-refractivity contribution in [3.05, 3.63) is 0 Å². The summed E-state index contributed by atoms with van der Waals surface area (Å²) in [6.45, 7) is 9.12. The fourth-order valence-electron chi connectivity index (χ4n) is 2.46. The predicted octanol–water partition coefficient (Wildman–Crippen LogP) is 2.82. The van der Waals surface area contributed by atoms with Gasteiger partial charge in [-0.05, 0) is 24.2 Å². The van der Waals surface area contributed by atoms with Crippen molar-refractivity contribution in [2.75, 3.05) is 6.54 Å². The standard InChI is InChI=1S/C15H27NO3/c1-11(14(2,3)4)10-16-12(17)9-15(13(18)19)7-5-6-8-15/h11H,5-10H2,1-4H3,(H,16,17)(H,18,19). The van der Waals surface area contributed by atoms with Crippen LogP contribution in [-0.4, -0.2) is 23.5 Å². The zero-order chi connectivity index (χ0) is 14.7. The monoisotopic (exact) mass is 269 g/mol. The van der Waals surface area contributed by atoms with E-state index in [2.05, 4.69) is 33.0 Å². The molecule has 0 saturated heterocycles. The number of carboxylic acids is 1. The average Bonchev–Trinajstić information content (AvgIpc) is 2.74. The number of carbonyl (C=O) groups excluding carboxylic acids is 1. The van der Waals surface area contributed by atoms with Gasteiger partial charge >= 0.3 is 5.97 Å². The number of nitrogens with one attached hydrogen (secondary N) is 1. The normalized spacial score (nSPS) is 20.0. The highest BCUT2D eigenvalue weighted by molar-refractivity contribution is 5.85. The number of amides is 1. The highest BCUT2D eigenvalue weighted by Crippen LogP contribution is 2.41. The average molecular weight is 269 g/mol. The Kier molecular flexibility index (Phi) is 4.99. The third kappa shape index (κ3) is 4.22. The Morgan fingerprint density at radius 2 is 1.79 bits per heavy atom. The number of rotatable bonds is 5. The summed E-state index contributed by atoms with van der Waals surface area (Å²) >= 11 is 0. The van der Waals surface area contributed by atoms with Crippen molar-refractivity contribution in [1.82, 2.24) is 5.32 Å². The number of carbonyl (C=O) groups is 2. The first-order chi connectivity index (χ1) is 8.67. The summed E-state index contributed by atoms with van der Waals surface area (Å²) in [7, 11) is 0. The van der Waals surface area contributed by atoms with Crippen LogP contribution < -0.4 is 5.32 Å². The molecule has 1 unspecified atom stereocenters. The molecule has 1 saturated carbocycles. The van der Waals surface area contributed by atoms with Gasteiger partial charge in [-0.25, -0.2) is 0 Å². The Morgan fingerprint density at radius 1 is 1.26 bits per heavy atom. The van der Waals surface area contributed by atoms with E-state index in [1.165, 1.54) is 0 Å². The van der Waals surface area contributed by atoms with Gasteiger partial charge in [0.1, 0.15) is 0 Å². The lowest BCUT2D eigenvalue weighted by Gasteiger charge is -2.28. The second-order valence-corrected chi connectivity index (χ2v) is 7.04. The third-order valence-corrected chi connectivity index (χ3v) is 4.60. The summed E-state index contributed by atoms with van der Waals surface area (Å²) in [6, 6.07) is 0. The molecular weight excluding hydrogens is 242 g/mol. The first kappa shape index (κ1) is 16.0. The van der Waals surface area contributed by atoms with Crippen LogP contribution in [0, 0.1) is 16.7 Å². The molecular formula is C15H27NO3. The predicted molar refractivity (Wildman–Crippen MR) is 74.8 cm³/mol. The molecule has 0 aliphatic heterocycles. The number of hydrogen-bond donors (Lipinski definition) is 2. The van der Waals surface area contributed by atoms with E-state index in [1.807, 2.05) is 0 Å². The highest BCUT2D eigenvalue weighted by Gasteiger charge is 2.42. The summed E-state index contributed by atoms with van der Waals surface area (Å²) in [6.07, 6.45) is 3.21. The van der Waals surface area contributed by atoms with Crippen LogP contribution in [0.3, 0.4) is 0 Å². The molecule has 0 radical (unpaired) electrons. The number of aliphatic carboxylic acids is 1. The molecule has 1 atom stereocenters. The van der Waals surface area contributed by atoms with Gasteiger partial charge in [-0.1, -0.05) is 40.5 Å². The maximum Gasteiger partial charge on any atom is 0.310 e. The minimum absolute atomic E-state index is 0.124. The van der Waals surface area contributed by atoms with Crippen LogP contribution in [0.25, 0.3) is 0 Å². The van der Waals surface area contributed by atoms with Gasteiger partial charge in [-0.3, -0.25) is 9.59 Å². The van der Waals surface area contributed by atoms with E-state index in [4.69, 9.17) is 0 Å². The van der Waals surface area contributed by atoms with E-state index in [9.17, 15) is 14.7 Å². The molecule has 0 aromatic heterocycles. The minimum Gasteiger partial charge on any atom is -0.481 e. The summed E-state index contributed by atoms with van der Waals surface area (Å²) in [5, 5.41) is 12.2. The summed E-state index contributed by atoms with van der Waals surface area (Å²) in [5.74, 6) is -0.578. The molecule has 19 heavy (non-hydrogen) atoms. The largest absolute Gasteiger partial charge is 0.481 e. The lowest BCUT2D eigenvalue weighted by atomic mass is 9.81. The molecule has 1 aliphatic rings. The molecule has 0 aromatic rings. The van der Waals surface area contributed by atoms with Gasteiger partial charge in [-0.2, -0.15) is 0 Å². The first-order valence-electron chi connectivity index (χ1n) is 7.17. The number of hydrogen-bond acceptors (Lipinski definition) is 2.